The molecule has 0 aromatic carbocycles. The number of carbonyl (C=O) groups excluding carboxylic acids is 1. The highest BCUT2D eigenvalue weighted by Gasteiger charge is 2.08. The Morgan fingerprint density at radius 1 is 1.77 bits per heavy atom. The summed E-state index contributed by atoms with van der Waals surface area (Å²) in [4.78, 5) is 10.7. The van der Waals surface area contributed by atoms with Gasteiger partial charge in [0, 0.05) is 12.6 Å². The fourth-order valence-electron chi connectivity index (χ4n) is 0.708. The Morgan fingerprint density at radius 3 is 2.77 bits per heavy atom. The van der Waals surface area contributed by atoms with Gasteiger partial charge in [-0.15, -0.1) is 0 Å². The van der Waals surface area contributed by atoms with E-state index in [9.17, 15) is 9.00 Å². The van der Waals surface area contributed by atoms with Gasteiger partial charge in [-0.1, -0.05) is 13.5 Å². The first-order valence-electron chi connectivity index (χ1n) is 3.87. The summed E-state index contributed by atoms with van der Waals surface area (Å²) in [5.41, 5.74) is 0. The summed E-state index contributed by atoms with van der Waals surface area (Å²) in [6.45, 7) is 5.45. The van der Waals surface area contributed by atoms with Crippen LogP contribution in [0.3, 0.4) is 0 Å². The molecule has 0 aliphatic carbocycles. The Morgan fingerprint density at radius 2 is 2.38 bits per heavy atom. The zero-order chi connectivity index (χ0) is 10.3. The Bertz CT molecular complexity index is 208. The minimum absolute atomic E-state index is 0.199. The summed E-state index contributed by atoms with van der Waals surface area (Å²) in [6, 6.07) is -0.199. The Hall–Kier alpha value is -0.720. The summed E-state index contributed by atoms with van der Waals surface area (Å²) in [7, 11) is 0. The molecule has 0 rings (SSSR count). The summed E-state index contributed by atoms with van der Waals surface area (Å²) in [5.74, 6) is -0.288. The zero-order valence-electron chi connectivity index (χ0n) is 7.45. The van der Waals surface area contributed by atoms with E-state index < -0.39 is 11.3 Å². The Balaban J connectivity index is 3.77. The number of hydrogen-bond donors (Lipinski definition) is 3. The van der Waals surface area contributed by atoms with Crippen LogP contribution in [0, 0.1) is 0 Å². The van der Waals surface area contributed by atoms with Crippen molar-refractivity contribution in [3.05, 3.63) is 12.7 Å². The van der Waals surface area contributed by atoms with Crippen molar-refractivity contribution in [2.24, 2.45) is 0 Å². The van der Waals surface area contributed by atoms with Crippen LogP contribution in [0.2, 0.25) is 0 Å². The van der Waals surface area contributed by atoms with Crippen LogP contribution in [0.25, 0.3) is 0 Å². The van der Waals surface area contributed by atoms with Gasteiger partial charge >= 0.3 is 0 Å². The van der Waals surface area contributed by atoms with Gasteiger partial charge in [-0.25, -0.2) is 8.93 Å². The summed E-state index contributed by atoms with van der Waals surface area (Å²) in [5, 5.41) is 2.52. The molecule has 0 aromatic heterocycles. The summed E-state index contributed by atoms with van der Waals surface area (Å²) >= 11 is -2.04. The maximum atomic E-state index is 10.7. The van der Waals surface area contributed by atoms with E-state index in [0.717, 1.165) is 6.08 Å². The third kappa shape index (κ3) is 6.44. The smallest absolute Gasteiger partial charge is 0.243 e. The molecule has 0 fully saturated rings. The van der Waals surface area contributed by atoms with Gasteiger partial charge in [-0.2, -0.15) is 0 Å². The highest BCUT2D eigenvalue weighted by Crippen LogP contribution is 1.89. The molecule has 13 heavy (non-hydrogen) atoms. The number of hydrogen-bond acceptors (Lipinski definition) is 2. The first-order chi connectivity index (χ1) is 6.10. The standard InChI is InChI=1S/C7H14N2O3S/c1-3-6(9-13(11)12)5-8-7(10)4-2/h4,6,9H,2-3,5H2,1H3,(H,8,10)(H,11,12). The monoisotopic (exact) mass is 206 g/mol. The average Bonchev–Trinajstić information content (AvgIpc) is 2.10. The molecule has 0 saturated carbocycles. The molecule has 0 radical (unpaired) electrons. The molecule has 0 aromatic rings. The van der Waals surface area contributed by atoms with Crippen LogP contribution in [0.15, 0.2) is 12.7 Å². The maximum Gasteiger partial charge on any atom is 0.243 e. The molecule has 0 aliphatic heterocycles. The van der Waals surface area contributed by atoms with Crippen molar-refractivity contribution < 1.29 is 13.6 Å². The molecule has 6 heteroatoms. The lowest BCUT2D eigenvalue weighted by atomic mass is 10.2. The number of nitrogens with one attached hydrogen (secondary N) is 2. The second-order valence-electron chi connectivity index (χ2n) is 2.42. The van der Waals surface area contributed by atoms with E-state index in [1.807, 2.05) is 6.92 Å². The average molecular weight is 206 g/mol. The fourth-order valence-corrected chi connectivity index (χ4v) is 1.24. The first kappa shape index (κ1) is 12.3. The van der Waals surface area contributed by atoms with Crippen LogP contribution in [0.4, 0.5) is 0 Å². The van der Waals surface area contributed by atoms with Crippen LogP contribution < -0.4 is 10.0 Å². The van der Waals surface area contributed by atoms with Crippen molar-refractivity contribution in [2.45, 2.75) is 19.4 Å². The molecular formula is C7H14N2O3S. The molecule has 0 heterocycles. The minimum atomic E-state index is -2.04. The van der Waals surface area contributed by atoms with Gasteiger partial charge in [0.25, 0.3) is 0 Å². The van der Waals surface area contributed by atoms with Gasteiger partial charge in [0.2, 0.25) is 17.2 Å². The molecule has 1 amide bonds. The zero-order valence-corrected chi connectivity index (χ0v) is 8.26. The SMILES string of the molecule is C=CC(=O)NCC(CC)NS(=O)O. The second-order valence-corrected chi connectivity index (χ2v) is 3.16. The normalized spacial score (nSPS) is 14.6. The van der Waals surface area contributed by atoms with Crippen molar-refractivity contribution in [1.29, 1.82) is 0 Å². The minimum Gasteiger partial charge on any atom is -0.351 e. The van der Waals surface area contributed by atoms with Gasteiger partial charge in [-0.3, -0.25) is 9.35 Å². The Labute approximate surface area is 80.0 Å². The topological polar surface area (TPSA) is 78.4 Å². The Kier molecular flexibility index (Phi) is 6.38. The first-order valence-corrected chi connectivity index (χ1v) is 4.98. The molecule has 0 saturated heterocycles. The molecule has 2 unspecified atom stereocenters. The second kappa shape index (κ2) is 6.76. The lowest BCUT2D eigenvalue weighted by molar-refractivity contribution is -0.116. The molecule has 0 spiro atoms. The molecule has 0 bridgehead atoms. The van der Waals surface area contributed by atoms with E-state index >= 15 is 0 Å². The van der Waals surface area contributed by atoms with Gasteiger partial charge in [-0.05, 0) is 12.5 Å². The predicted molar refractivity (Wildman–Crippen MR) is 51.2 cm³/mol. The lowest BCUT2D eigenvalue weighted by Crippen LogP contribution is -2.40. The van der Waals surface area contributed by atoms with Gasteiger partial charge < -0.3 is 5.32 Å². The molecular weight excluding hydrogens is 192 g/mol. The van der Waals surface area contributed by atoms with Crippen molar-refractivity contribution in [1.82, 2.24) is 10.0 Å². The van der Waals surface area contributed by atoms with Crippen LogP contribution in [0.5, 0.6) is 0 Å². The number of carbonyl (C=O) groups is 1. The highest BCUT2D eigenvalue weighted by atomic mass is 32.2. The van der Waals surface area contributed by atoms with Crippen LogP contribution in [-0.2, 0) is 16.1 Å². The van der Waals surface area contributed by atoms with E-state index in [2.05, 4.69) is 16.6 Å². The molecule has 3 N–H and O–H groups in total. The van der Waals surface area contributed by atoms with E-state index in [-0.39, 0.29) is 11.9 Å². The largest absolute Gasteiger partial charge is 0.351 e. The van der Waals surface area contributed by atoms with Crippen molar-refractivity contribution in [3.8, 4) is 0 Å². The van der Waals surface area contributed by atoms with Gasteiger partial charge in [0.1, 0.15) is 0 Å². The number of rotatable bonds is 6. The van der Waals surface area contributed by atoms with Gasteiger partial charge in [0.15, 0.2) is 0 Å². The molecule has 5 nitrogen and oxygen atoms in total. The molecule has 76 valence electrons. The van der Waals surface area contributed by atoms with E-state index in [1.165, 1.54) is 0 Å². The lowest BCUT2D eigenvalue weighted by Gasteiger charge is -2.13. The third-order valence-electron chi connectivity index (χ3n) is 1.47. The number of amides is 1. The predicted octanol–water partition coefficient (Wildman–Crippen LogP) is -0.207. The van der Waals surface area contributed by atoms with E-state index in [4.69, 9.17) is 4.55 Å². The molecule has 2 atom stereocenters. The van der Waals surface area contributed by atoms with Crippen LogP contribution in [-0.4, -0.2) is 27.3 Å². The van der Waals surface area contributed by atoms with Crippen molar-refractivity contribution >= 4 is 17.2 Å². The van der Waals surface area contributed by atoms with Crippen LogP contribution >= 0.6 is 0 Å². The van der Waals surface area contributed by atoms with E-state index in [0.29, 0.717) is 13.0 Å². The third-order valence-corrected chi connectivity index (χ3v) is 2.00. The highest BCUT2D eigenvalue weighted by molar-refractivity contribution is 7.77. The van der Waals surface area contributed by atoms with Crippen LogP contribution in [0.1, 0.15) is 13.3 Å². The summed E-state index contributed by atoms with van der Waals surface area (Å²) < 4.78 is 21.2. The van der Waals surface area contributed by atoms with Gasteiger partial charge in [0.05, 0.1) is 0 Å². The summed E-state index contributed by atoms with van der Waals surface area (Å²) in [6.07, 6.45) is 1.81. The van der Waals surface area contributed by atoms with Crippen molar-refractivity contribution in [3.63, 3.8) is 0 Å². The van der Waals surface area contributed by atoms with E-state index in [1.54, 1.807) is 0 Å². The molecule has 0 aliphatic rings. The fraction of sp³-hybridized carbons (Fsp3) is 0.571. The maximum absolute atomic E-state index is 10.7. The van der Waals surface area contributed by atoms with Crippen molar-refractivity contribution in [2.75, 3.05) is 6.54 Å². The quantitative estimate of drug-likeness (QED) is 0.416.